The number of halogens is 29. The van der Waals surface area contributed by atoms with Crippen molar-refractivity contribution in [1.29, 1.82) is 0 Å². The normalized spacial score (nSPS) is 12.8. The lowest BCUT2D eigenvalue weighted by atomic mass is 10.1. The molecule has 0 spiro atoms. The van der Waals surface area contributed by atoms with Crippen molar-refractivity contribution in [3.63, 3.8) is 0 Å². The number of alkyl halides is 5. The Bertz CT molecular complexity index is 3820. The number of nitrogens with one attached hydrogen (secondary N) is 1. The number of rotatable bonds is 14. The van der Waals surface area contributed by atoms with Crippen LogP contribution in [0.5, 0.6) is 0 Å². The summed E-state index contributed by atoms with van der Waals surface area (Å²) in [6.07, 6.45) is 0.681. The van der Waals surface area contributed by atoms with Crippen molar-refractivity contribution in [1.82, 2.24) is 0 Å². The van der Waals surface area contributed by atoms with Crippen molar-refractivity contribution in [3.05, 3.63) is 194 Å². The largest absolute Gasteiger partial charge is 0.515 e. The van der Waals surface area contributed by atoms with E-state index in [1.807, 2.05) is 0 Å². The molecule has 9 rings (SSSR count). The van der Waals surface area contributed by atoms with E-state index in [0.717, 1.165) is 32.1 Å². The predicted octanol–water partition coefficient (Wildman–Crippen LogP) is 16.1. The Morgan fingerprint density at radius 2 is 0.557 bits per heavy atom. The van der Waals surface area contributed by atoms with Gasteiger partial charge in [-0.2, -0.15) is 30.9 Å². The maximum absolute atomic E-state index is 17.3. The highest BCUT2D eigenvalue weighted by Gasteiger charge is 2.67. The fourth-order valence-electron chi connectivity index (χ4n) is 11.0. The van der Waals surface area contributed by atoms with Crippen LogP contribution in [-0.4, -0.2) is 31.8 Å². The lowest BCUT2D eigenvalue weighted by Crippen LogP contribution is -3.16. The van der Waals surface area contributed by atoms with Crippen LogP contribution >= 0.6 is 0 Å². The average Bonchev–Trinajstić information content (AvgIpc) is 0.682. The van der Waals surface area contributed by atoms with Crippen LogP contribution in [0, 0.1) is 140 Å². The number of hydrogen-bond acceptors (Lipinski definition) is 0. The summed E-state index contributed by atoms with van der Waals surface area (Å²) < 4.78 is 434. The second kappa shape index (κ2) is 24.5. The zero-order chi connectivity index (χ0) is 65.5. The van der Waals surface area contributed by atoms with Crippen molar-refractivity contribution >= 4 is 79.6 Å². The highest BCUT2D eigenvalue weighted by molar-refractivity contribution is 7.23. The third-order valence-electron chi connectivity index (χ3n) is 14.8. The molecule has 0 bridgehead atoms. The summed E-state index contributed by atoms with van der Waals surface area (Å²) in [5.41, 5.74) is -0.0270. The van der Waals surface area contributed by atoms with E-state index < -0.39 is 255 Å². The van der Waals surface area contributed by atoms with Gasteiger partial charge in [0, 0.05) is 0 Å². The van der Waals surface area contributed by atoms with Crippen LogP contribution in [0.2, 0.25) is 0 Å². The zero-order valence-electron chi connectivity index (χ0n) is 43.4. The first kappa shape index (κ1) is 66.4. The molecule has 0 radical (unpaired) electrons. The minimum atomic E-state index is -9.12. The molecule has 0 saturated heterocycles. The summed E-state index contributed by atoms with van der Waals surface area (Å²) in [4.78, 5) is -0.820. The van der Waals surface area contributed by atoms with E-state index in [1.54, 1.807) is 6.07 Å². The van der Waals surface area contributed by atoms with Gasteiger partial charge < -0.3 is 0 Å². The minimum absolute atomic E-state index is 0.0270. The average molecular weight is 1310 g/mol. The number of quaternary nitrogens is 1. The van der Waals surface area contributed by atoms with E-state index >= 15 is 87.8 Å². The van der Waals surface area contributed by atoms with Gasteiger partial charge in [-0.3, -0.25) is 0 Å². The fourth-order valence-corrected chi connectivity index (χ4v) is 17.5. The van der Waals surface area contributed by atoms with Crippen molar-refractivity contribution in [2.24, 2.45) is 0 Å². The first-order chi connectivity index (χ1) is 41.1. The molecule has 88 heavy (non-hydrogen) atoms. The van der Waals surface area contributed by atoms with Gasteiger partial charge in [0.05, 0.1) is 28.1 Å². The molecule has 9 aromatic carbocycles. The summed E-state index contributed by atoms with van der Waals surface area (Å²) in [5.74, 6) is -75.3. The summed E-state index contributed by atoms with van der Waals surface area (Å²) in [6.45, 7) is 1.87. The molecule has 0 fully saturated rings. The summed E-state index contributed by atoms with van der Waals surface area (Å²) in [7, 11) is 0. The van der Waals surface area contributed by atoms with Crippen LogP contribution in [0.15, 0.2) is 54.6 Å². The van der Waals surface area contributed by atoms with E-state index in [9.17, 15) is 39.5 Å². The monoisotopic (exact) mass is 1310 g/mol. The predicted molar refractivity (Wildman–Crippen MR) is 260 cm³/mol. The van der Waals surface area contributed by atoms with Crippen LogP contribution in [0.25, 0.3) is 43.1 Å². The van der Waals surface area contributed by atoms with Crippen LogP contribution in [-0.2, 0) is 0 Å². The van der Waals surface area contributed by atoms with E-state index in [1.165, 1.54) is 24.3 Å². The zero-order valence-corrected chi connectivity index (χ0v) is 44.5. The third-order valence-corrected chi connectivity index (χ3v) is 20.5. The van der Waals surface area contributed by atoms with Gasteiger partial charge in [-0.25, -0.2) is 110 Å². The second-order valence-electron chi connectivity index (χ2n) is 19.7. The standard InChI is InChI=1S/C17H24F5N.4C10HF6.Al/c1-2-3-4-5-6-7-11-14-23(15-12-9-8-10-13-15)17(21,22)16(18,19)20;4*11-4-1-3-2-5(12)8(14)10(16)6(3)9(15)7(4)13;/h8-10,12-13H,2-7,11,14H2,1H3;4*1H;/q;;;;;-1/p+1. The minimum Gasteiger partial charge on any atom is -0.234 e. The molecule has 1 atom stereocenters. The van der Waals surface area contributed by atoms with E-state index in [4.69, 9.17) is 0 Å². The van der Waals surface area contributed by atoms with Crippen molar-refractivity contribution in [3.8, 4) is 0 Å². The summed E-state index contributed by atoms with van der Waals surface area (Å²) in [5, 5.41) is -20.2. The molecule has 0 saturated carbocycles. The molecule has 31 heteroatoms. The van der Waals surface area contributed by atoms with E-state index in [0.29, 0.717) is 12.8 Å². The highest BCUT2D eigenvalue weighted by atomic mass is 27.2. The number of benzene rings is 9. The molecular weight excluding hydrogens is 1280 g/mol. The maximum Gasteiger partial charge on any atom is 0.515 e. The quantitative estimate of drug-likeness (QED) is 0.0364. The van der Waals surface area contributed by atoms with Gasteiger partial charge >= 0.3 is 12.2 Å². The van der Waals surface area contributed by atoms with Gasteiger partial charge in [0.25, 0.3) is 13.1 Å². The lowest BCUT2D eigenvalue weighted by Gasteiger charge is -2.44. The number of fused-ring (bicyclic) bond motifs is 4. The molecular formula is C57H29AlF29N. The molecule has 1 nitrogen and oxygen atoms in total. The third kappa shape index (κ3) is 10.4. The second-order valence-corrected chi connectivity index (χ2v) is 23.8. The molecule has 1 N–H and O–H groups in total. The van der Waals surface area contributed by atoms with Crippen LogP contribution in [0.4, 0.5) is 133 Å². The first-order valence-electron chi connectivity index (χ1n) is 25.2. The molecule has 0 amide bonds. The molecule has 9 aromatic rings. The van der Waals surface area contributed by atoms with Gasteiger partial charge in [0.15, 0.2) is 116 Å². The molecule has 1 unspecified atom stereocenters. The smallest absolute Gasteiger partial charge is 0.234 e. The Morgan fingerprint density at radius 3 is 0.818 bits per heavy atom. The molecule has 0 aliphatic carbocycles. The molecule has 0 aliphatic rings. The Kier molecular flexibility index (Phi) is 18.5. The molecule has 0 heterocycles. The van der Waals surface area contributed by atoms with Crippen molar-refractivity contribution in [2.75, 3.05) is 6.54 Å². The molecule has 0 aliphatic heterocycles. The van der Waals surface area contributed by atoms with Crippen LogP contribution in [0.3, 0.4) is 0 Å². The Morgan fingerprint density at radius 1 is 0.307 bits per heavy atom. The Labute approximate surface area is 475 Å². The number of para-hydroxylation sites is 1. The molecule has 468 valence electrons. The first-order valence-corrected chi connectivity index (χ1v) is 27.5. The Balaban J connectivity index is 0.000000368. The van der Waals surface area contributed by atoms with Gasteiger partial charge in [0.2, 0.25) is 0 Å². The van der Waals surface area contributed by atoms with Gasteiger partial charge in [-0.15, -0.1) is 8.78 Å². The Hall–Kier alpha value is -7.52. The van der Waals surface area contributed by atoms with Crippen LogP contribution in [0.1, 0.15) is 51.9 Å². The van der Waals surface area contributed by atoms with Gasteiger partial charge in [-0.05, 0) is 70.8 Å². The van der Waals surface area contributed by atoms with Gasteiger partial charge in [-0.1, -0.05) is 57.2 Å². The van der Waals surface area contributed by atoms with Crippen molar-refractivity contribution < 1.29 is 132 Å². The number of unbranched alkanes of at least 4 members (excludes halogenated alkanes) is 6. The summed E-state index contributed by atoms with van der Waals surface area (Å²) in [6, 6.07) is -0.738. The number of hydrogen-bond donors (Lipinski definition) is 1. The topological polar surface area (TPSA) is 4.44 Å². The fraction of sp³-hybridized carbons (Fsp3) is 0.193. The van der Waals surface area contributed by atoms with E-state index in [2.05, 4.69) is 6.92 Å². The highest BCUT2D eigenvalue weighted by Crippen LogP contribution is 2.40. The van der Waals surface area contributed by atoms with Gasteiger partial charge in [0.1, 0.15) is 29.0 Å². The lowest BCUT2D eigenvalue weighted by molar-refractivity contribution is -0.950. The van der Waals surface area contributed by atoms with Crippen LogP contribution < -0.4 is 22.6 Å². The summed E-state index contributed by atoms with van der Waals surface area (Å²) >= 11 is -9.12. The van der Waals surface area contributed by atoms with E-state index in [-0.39, 0.29) is 12.2 Å². The maximum atomic E-state index is 17.3. The SMILES string of the molecule is CCCCCCCCC[NH+](c1ccccc1)C(F)(F)C(F)(F)F.Fc1cc2[c]([Al-]([c]3c(F)c(F)c(F)c4c(F)c(F)c(F)cc34)([c]3c(F)c(F)c(F)c4c(F)c(F)c(F)cc34)[c]3c(F)c(F)c(F)c4c(F)c(F)c(F)cc34)c(F)c(F)c(F)c2c(F)c1F. The molecule has 0 aromatic heterocycles. The van der Waals surface area contributed by atoms with Crippen molar-refractivity contribution in [2.45, 2.75) is 64.1 Å².